The molecular weight excluding hydrogens is 525 g/mol. The van der Waals surface area contributed by atoms with Gasteiger partial charge in [0.05, 0.1) is 35.2 Å². The van der Waals surface area contributed by atoms with Gasteiger partial charge in [0, 0.05) is 8.96 Å². The van der Waals surface area contributed by atoms with Crippen LogP contribution in [0.1, 0.15) is 10.4 Å². The molecule has 0 radical (unpaired) electrons. The molecule has 154 valence electrons. The number of anilines is 2. The topological polar surface area (TPSA) is 104 Å². The maximum absolute atomic E-state index is 15.1. The van der Waals surface area contributed by atoms with Crippen LogP contribution in [0.3, 0.4) is 0 Å². The number of aliphatic hydroxyl groups is 2. The molecule has 0 aliphatic carbocycles. The van der Waals surface area contributed by atoms with Gasteiger partial charge < -0.3 is 19.9 Å². The molecule has 3 rings (SSSR count). The van der Waals surface area contributed by atoms with Crippen molar-refractivity contribution in [2.24, 2.45) is 0 Å². The fourth-order valence-corrected chi connectivity index (χ4v) is 3.09. The summed E-state index contributed by atoms with van der Waals surface area (Å²) in [5.41, 5.74) is 1.11. The smallest absolute Gasteiger partial charge is 0.277 e. The fourth-order valence-electron chi connectivity index (χ4n) is 2.45. The lowest BCUT2D eigenvalue weighted by Crippen LogP contribution is -2.34. The van der Waals surface area contributed by atoms with Crippen molar-refractivity contribution < 1.29 is 33.0 Å². The summed E-state index contributed by atoms with van der Waals surface area (Å²) in [6.07, 6.45) is 0.0334. The number of hydrogen-bond acceptors (Lipinski definition) is 6. The number of carbonyl (C=O) groups excluding carboxylic acids is 1. The van der Waals surface area contributed by atoms with E-state index in [0.29, 0.717) is 3.57 Å². The van der Waals surface area contributed by atoms with Crippen molar-refractivity contribution in [2.75, 3.05) is 18.5 Å². The summed E-state index contributed by atoms with van der Waals surface area (Å²) in [5, 5.41) is 20.8. The Morgan fingerprint density at radius 1 is 1.28 bits per heavy atom. The van der Waals surface area contributed by atoms with Crippen LogP contribution in [0.15, 0.2) is 34.9 Å². The fraction of sp³-hybridized carbons (Fsp3) is 0.167. The molecule has 3 aromatic rings. The van der Waals surface area contributed by atoms with E-state index < -0.39 is 36.9 Å². The van der Waals surface area contributed by atoms with Crippen LogP contribution in [-0.2, 0) is 4.84 Å². The van der Waals surface area contributed by atoms with Crippen LogP contribution >= 0.6 is 34.2 Å². The second-order valence-corrected chi connectivity index (χ2v) is 7.51. The van der Waals surface area contributed by atoms with Crippen molar-refractivity contribution in [3.05, 3.63) is 56.3 Å². The minimum atomic E-state index is -1.07. The molecule has 0 spiro atoms. The van der Waals surface area contributed by atoms with Crippen LogP contribution in [0.25, 0.3) is 11.0 Å². The number of nitrogens with one attached hydrogen (secondary N) is 2. The molecule has 29 heavy (non-hydrogen) atoms. The number of rotatable bonds is 7. The third kappa shape index (κ3) is 4.61. The summed E-state index contributed by atoms with van der Waals surface area (Å²) in [6.45, 7) is -1.12. The largest absolute Gasteiger partial charge is 0.460 e. The number of halogens is 4. The van der Waals surface area contributed by atoms with Gasteiger partial charge in [0.25, 0.3) is 5.91 Å². The van der Waals surface area contributed by atoms with E-state index in [1.165, 1.54) is 18.2 Å². The molecule has 0 bridgehead atoms. The van der Waals surface area contributed by atoms with Gasteiger partial charge in [-0.2, -0.15) is 0 Å². The number of fused-ring (bicyclic) bond motifs is 1. The first-order valence-electron chi connectivity index (χ1n) is 8.14. The number of furan rings is 1. The van der Waals surface area contributed by atoms with E-state index in [0.717, 1.165) is 6.26 Å². The number of benzene rings is 2. The summed E-state index contributed by atoms with van der Waals surface area (Å²) >= 11 is 7.90. The Morgan fingerprint density at radius 3 is 2.66 bits per heavy atom. The quantitative estimate of drug-likeness (QED) is 0.270. The lowest BCUT2D eigenvalue weighted by atomic mass is 10.1. The van der Waals surface area contributed by atoms with Gasteiger partial charge in [-0.1, -0.05) is 11.6 Å². The summed E-state index contributed by atoms with van der Waals surface area (Å²) < 4.78 is 35.1. The van der Waals surface area contributed by atoms with Crippen LogP contribution in [0.2, 0.25) is 5.02 Å². The zero-order valence-electron chi connectivity index (χ0n) is 14.5. The standard InChI is InChI=1S/C18H14ClF2IN2O5/c19-12-7-28-17-10(12)4-11(18(27)24-29-9(5-25)6-26)16(15(17)21)23-14-2-1-8(22)3-13(14)20/h1-4,7,9,23,25-26H,5-6H2,(H,24,27). The molecule has 11 heteroatoms. The molecule has 7 nitrogen and oxygen atoms in total. The summed E-state index contributed by atoms with van der Waals surface area (Å²) in [5.74, 6) is -2.53. The number of hydroxylamine groups is 1. The van der Waals surface area contributed by atoms with Crippen molar-refractivity contribution >= 4 is 62.4 Å². The zero-order chi connectivity index (χ0) is 21.1. The molecule has 2 aromatic carbocycles. The van der Waals surface area contributed by atoms with E-state index in [1.54, 1.807) is 6.07 Å². The maximum atomic E-state index is 15.1. The van der Waals surface area contributed by atoms with Crippen molar-refractivity contribution in [2.45, 2.75) is 6.10 Å². The van der Waals surface area contributed by atoms with Crippen molar-refractivity contribution in [3.8, 4) is 0 Å². The van der Waals surface area contributed by atoms with Crippen LogP contribution in [-0.4, -0.2) is 35.4 Å². The molecule has 0 aliphatic rings. The van der Waals surface area contributed by atoms with E-state index in [-0.39, 0.29) is 32.9 Å². The van der Waals surface area contributed by atoms with Gasteiger partial charge in [-0.05, 0) is 46.9 Å². The van der Waals surface area contributed by atoms with Gasteiger partial charge in [0.15, 0.2) is 11.4 Å². The SMILES string of the molecule is O=C(NOC(CO)CO)c1cc2c(Cl)coc2c(F)c1Nc1ccc(I)cc1F. The zero-order valence-corrected chi connectivity index (χ0v) is 17.4. The average molecular weight is 539 g/mol. The minimum Gasteiger partial charge on any atom is -0.460 e. The predicted molar refractivity (Wildman–Crippen MR) is 110 cm³/mol. The molecule has 1 aromatic heterocycles. The molecule has 0 saturated heterocycles. The molecular formula is C18H14ClF2IN2O5. The van der Waals surface area contributed by atoms with E-state index in [4.69, 9.17) is 31.1 Å². The van der Waals surface area contributed by atoms with Crippen LogP contribution in [0.5, 0.6) is 0 Å². The van der Waals surface area contributed by atoms with Crippen molar-refractivity contribution in [1.82, 2.24) is 5.48 Å². The second-order valence-electron chi connectivity index (χ2n) is 5.86. The summed E-state index contributed by atoms with van der Waals surface area (Å²) in [7, 11) is 0. The molecule has 0 unspecified atom stereocenters. The van der Waals surface area contributed by atoms with Crippen molar-refractivity contribution in [3.63, 3.8) is 0 Å². The van der Waals surface area contributed by atoms with Crippen molar-refractivity contribution in [1.29, 1.82) is 0 Å². The predicted octanol–water partition coefficient (Wildman–Crippen LogP) is 3.73. The third-order valence-corrected chi connectivity index (χ3v) is 4.88. The summed E-state index contributed by atoms with van der Waals surface area (Å²) in [6, 6.07) is 5.48. The third-order valence-electron chi connectivity index (χ3n) is 3.92. The molecule has 1 heterocycles. The Kier molecular flexibility index (Phi) is 6.90. The van der Waals surface area contributed by atoms with E-state index >= 15 is 4.39 Å². The monoisotopic (exact) mass is 538 g/mol. The molecule has 0 saturated carbocycles. The van der Waals surface area contributed by atoms with Crippen LogP contribution in [0.4, 0.5) is 20.2 Å². The Morgan fingerprint density at radius 2 is 2.00 bits per heavy atom. The van der Waals surface area contributed by atoms with Gasteiger partial charge in [0.2, 0.25) is 0 Å². The number of carbonyl (C=O) groups is 1. The Labute approximate surface area is 181 Å². The number of amides is 1. The molecule has 0 aliphatic heterocycles. The maximum Gasteiger partial charge on any atom is 0.277 e. The normalized spacial score (nSPS) is 11.3. The highest BCUT2D eigenvalue weighted by molar-refractivity contribution is 14.1. The van der Waals surface area contributed by atoms with Gasteiger partial charge in [-0.15, -0.1) is 0 Å². The van der Waals surface area contributed by atoms with E-state index in [1.807, 2.05) is 28.1 Å². The Hall–Kier alpha value is -1.99. The number of aliphatic hydroxyl groups excluding tert-OH is 2. The summed E-state index contributed by atoms with van der Waals surface area (Å²) in [4.78, 5) is 17.5. The Bertz CT molecular complexity index is 1060. The van der Waals surface area contributed by atoms with Gasteiger partial charge in [-0.3, -0.25) is 9.63 Å². The first kappa shape index (κ1) is 21.7. The first-order valence-corrected chi connectivity index (χ1v) is 9.60. The van der Waals surface area contributed by atoms with Crippen LogP contribution in [0, 0.1) is 15.2 Å². The van der Waals surface area contributed by atoms with E-state index in [9.17, 15) is 9.18 Å². The highest BCUT2D eigenvalue weighted by atomic mass is 127. The first-order chi connectivity index (χ1) is 13.8. The lowest BCUT2D eigenvalue weighted by molar-refractivity contribution is -0.0618. The van der Waals surface area contributed by atoms with Gasteiger partial charge in [-0.25, -0.2) is 14.3 Å². The van der Waals surface area contributed by atoms with Gasteiger partial charge >= 0.3 is 0 Å². The van der Waals surface area contributed by atoms with Crippen LogP contribution < -0.4 is 10.8 Å². The number of hydrogen-bond donors (Lipinski definition) is 4. The van der Waals surface area contributed by atoms with Gasteiger partial charge in [0.1, 0.15) is 18.2 Å². The minimum absolute atomic E-state index is 0.0696. The average Bonchev–Trinajstić information content (AvgIpc) is 3.07. The second kappa shape index (κ2) is 9.22. The molecule has 1 amide bonds. The van der Waals surface area contributed by atoms with E-state index in [2.05, 4.69) is 5.32 Å². The Balaban J connectivity index is 2.05. The lowest BCUT2D eigenvalue weighted by Gasteiger charge is -2.16. The molecule has 0 fully saturated rings. The highest BCUT2D eigenvalue weighted by Crippen LogP contribution is 2.36. The molecule has 4 N–H and O–H groups in total. The highest BCUT2D eigenvalue weighted by Gasteiger charge is 2.24. The molecule has 0 atom stereocenters.